The van der Waals surface area contributed by atoms with Gasteiger partial charge in [-0.1, -0.05) is 20.8 Å². The second-order valence-corrected chi connectivity index (χ2v) is 5.32. The van der Waals surface area contributed by atoms with E-state index in [-0.39, 0.29) is 12.5 Å². The van der Waals surface area contributed by atoms with Crippen LogP contribution in [0.2, 0.25) is 0 Å². The molecular weight excluding hydrogens is 279 g/mol. The summed E-state index contributed by atoms with van der Waals surface area (Å²) in [4.78, 5) is 5.66. The molecule has 1 heterocycles. The number of hydrogen-bond donors (Lipinski definition) is 1. The van der Waals surface area contributed by atoms with Crippen LogP contribution in [0.15, 0.2) is 12.1 Å². The van der Waals surface area contributed by atoms with Crippen molar-refractivity contribution in [1.82, 2.24) is 10.3 Å². The standard InChI is InChI=1S/C15H24F3N3/c1-5-19-9-12-7-13(11(3)4)20-14(8-12)21(6-2)10-15(16,17)18/h7-8,11,19H,5-6,9-10H2,1-4H3. The zero-order valence-corrected chi connectivity index (χ0v) is 13.1. The van der Waals surface area contributed by atoms with E-state index in [1.54, 1.807) is 13.0 Å². The van der Waals surface area contributed by atoms with Crippen molar-refractivity contribution in [3.05, 3.63) is 23.4 Å². The minimum absolute atomic E-state index is 0.176. The predicted molar refractivity (Wildman–Crippen MR) is 79.6 cm³/mol. The van der Waals surface area contributed by atoms with Crippen molar-refractivity contribution in [3.63, 3.8) is 0 Å². The molecule has 6 heteroatoms. The summed E-state index contributed by atoms with van der Waals surface area (Å²) in [6, 6.07) is 3.70. The van der Waals surface area contributed by atoms with Crippen LogP contribution in [0.1, 0.15) is 44.9 Å². The average molecular weight is 303 g/mol. The Bertz CT molecular complexity index is 444. The monoisotopic (exact) mass is 303 g/mol. The fourth-order valence-electron chi connectivity index (χ4n) is 1.99. The summed E-state index contributed by atoms with van der Waals surface area (Å²) in [5, 5.41) is 3.19. The Morgan fingerprint density at radius 1 is 1.24 bits per heavy atom. The van der Waals surface area contributed by atoms with Gasteiger partial charge in [-0.25, -0.2) is 4.98 Å². The molecule has 1 aromatic rings. The highest BCUT2D eigenvalue weighted by Gasteiger charge is 2.31. The van der Waals surface area contributed by atoms with E-state index in [1.165, 1.54) is 4.90 Å². The Hall–Kier alpha value is -1.30. The van der Waals surface area contributed by atoms with Gasteiger partial charge in [-0.2, -0.15) is 13.2 Å². The molecule has 120 valence electrons. The van der Waals surface area contributed by atoms with Gasteiger partial charge < -0.3 is 10.2 Å². The number of nitrogens with one attached hydrogen (secondary N) is 1. The van der Waals surface area contributed by atoms with E-state index in [2.05, 4.69) is 10.3 Å². The molecule has 21 heavy (non-hydrogen) atoms. The van der Waals surface area contributed by atoms with Gasteiger partial charge in [0.1, 0.15) is 12.4 Å². The molecule has 0 saturated carbocycles. The van der Waals surface area contributed by atoms with Gasteiger partial charge in [0, 0.05) is 18.8 Å². The first-order valence-electron chi connectivity index (χ1n) is 7.30. The molecule has 3 nitrogen and oxygen atoms in total. The van der Waals surface area contributed by atoms with Crippen LogP contribution in [0, 0.1) is 0 Å². The molecule has 1 N–H and O–H groups in total. The van der Waals surface area contributed by atoms with Crippen molar-refractivity contribution in [2.45, 2.75) is 46.3 Å². The van der Waals surface area contributed by atoms with Crippen LogP contribution in [0.25, 0.3) is 0 Å². The lowest BCUT2D eigenvalue weighted by atomic mass is 10.1. The van der Waals surface area contributed by atoms with Crippen molar-refractivity contribution in [2.75, 3.05) is 24.5 Å². The molecular formula is C15H24F3N3. The van der Waals surface area contributed by atoms with E-state index in [0.717, 1.165) is 17.8 Å². The minimum Gasteiger partial charge on any atom is -0.348 e. The molecule has 0 aliphatic heterocycles. The lowest BCUT2D eigenvalue weighted by Crippen LogP contribution is -2.35. The third-order valence-electron chi connectivity index (χ3n) is 3.14. The number of anilines is 1. The van der Waals surface area contributed by atoms with Crippen LogP contribution < -0.4 is 10.2 Å². The minimum atomic E-state index is -4.23. The van der Waals surface area contributed by atoms with Crippen molar-refractivity contribution < 1.29 is 13.2 Å². The van der Waals surface area contributed by atoms with Crippen molar-refractivity contribution in [2.24, 2.45) is 0 Å². The number of rotatable bonds is 7. The van der Waals surface area contributed by atoms with Gasteiger partial charge in [-0.15, -0.1) is 0 Å². The third kappa shape index (κ3) is 5.91. The van der Waals surface area contributed by atoms with E-state index in [9.17, 15) is 13.2 Å². The SMILES string of the molecule is CCNCc1cc(C(C)C)nc(N(CC)CC(F)(F)F)c1. The van der Waals surface area contributed by atoms with Crippen molar-refractivity contribution >= 4 is 5.82 Å². The highest BCUT2D eigenvalue weighted by atomic mass is 19.4. The van der Waals surface area contributed by atoms with Crippen LogP contribution in [0.3, 0.4) is 0 Å². The molecule has 0 unspecified atom stereocenters. The normalized spacial score (nSPS) is 12.0. The van der Waals surface area contributed by atoms with Crippen LogP contribution in [-0.2, 0) is 6.54 Å². The average Bonchev–Trinajstić information content (AvgIpc) is 2.41. The van der Waals surface area contributed by atoms with Crippen LogP contribution in [-0.4, -0.2) is 30.8 Å². The first-order valence-corrected chi connectivity index (χ1v) is 7.30. The van der Waals surface area contributed by atoms with Crippen LogP contribution in [0.4, 0.5) is 19.0 Å². The van der Waals surface area contributed by atoms with E-state index in [0.29, 0.717) is 12.4 Å². The lowest BCUT2D eigenvalue weighted by Gasteiger charge is -2.25. The highest BCUT2D eigenvalue weighted by Crippen LogP contribution is 2.24. The maximum Gasteiger partial charge on any atom is 0.405 e. The Morgan fingerprint density at radius 3 is 2.38 bits per heavy atom. The summed E-state index contributed by atoms with van der Waals surface area (Å²) in [5.74, 6) is 0.573. The van der Waals surface area contributed by atoms with Gasteiger partial charge in [0.15, 0.2) is 0 Å². The fourth-order valence-corrected chi connectivity index (χ4v) is 1.99. The zero-order valence-electron chi connectivity index (χ0n) is 13.1. The van der Waals surface area contributed by atoms with Gasteiger partial charge >= 0.3 is 6.18 Å². The molecule has 1 aromatic heterocycles. The Morgan fingerprint density at radius 2 is 1.90 bits per heavy atom. The summed E-state index contributed by atoms with van der Waals surface area (Å²) in [6.07, 6.45) is -4.23. The topological polar surface area (TPSA) is 28.2 Å². The molecule has 0 spiro atoms. The number of halogens is 3. The summed E-state index contributed by atoms with van der Waals surface area (Å²) < 4.78 is 38.0. The van der Waals surface area contributed by atoms with Crippen molar-refractivity contribution in [3.8, 4) is 0 Å². The maximum atomic E-state index is 12.7. The second-order valence-electron chi connectivity index (χ2n) is 5.32. The largest absolute Gasteiger partial charge is 0.405 e. The van der Waals surface area contributed by atoms with Gasteiger partial charge in [0.2, 0.25) is 0 Å². The number of alkyl halides is 3. The van der Waals surface area contributed by atoms with Gasteiger partial charge in [0.25, 0.3) is 0 Å². The Labute approximate surface area is 124 Å². The Kier molecular flexibility index (Phi) is 6.45. The van der Waals surface area contributed by atoms with Gasteiger partial charge in [-0.05, 0) is 37.1 Å². The van der Waals surface area contributed by atoms with E-state index in [1.807, 2.05) is 26.8 Å². The second kappa shape index (κ2) is 7.64. The first kappa shape index (κ1) is 17.8. The molecule has 0 aliphatic rings. The maximum absolute atomic E-state index is 12.7. The van der Waals surface area contributed by atoms with Crippen LogP contribution >= 0.6 is 0 Å². The Balaban J connectivity index is 3.10. The number of hydrogen-bond acceptors (Lipinski definition) is 3. The van der Waals surface area contributed by atoms with Gasteiger partial charge in [0.05, 0.1) is 0 Å². The smallest absolute Gasteiger partial charge is 0.348 e. The predicted octanol–water partition coefficient (Wildman–Crippen LogP) is 3.70. The number of nitrogens with zero attached hydrogens (tertiary/aromatic N) is 2. The van der Waals surface area contributed by atoms with E-state index < -0.39 is 12.7 Å². The molecule has 0 saturated heterocycles. The summed E-state index contributed by atoms with van der Waals surface area (Å²) >= 11 is 0. The van der Waals surface area contributed by atoms with E-state index >= 15 is 0 Å². The first-order chi connectivity index (χ1) is 9.76. The molecule has 0 radical (unpaired) electrons. The third-order valence-corrected chi connectivity index (χ3v) is 3.14. The quantitative estimate of drug-likeness (QED) is 0.832. The molecule has 1 rings (SSSR count). The van der Waals surface area contributed by atoms with Crippen molar-refractivity contribution in [1.29, 1.82) is 0 Å². The molecule has 0 aromatic carbocycles. The fraction of sp³-hybridized carbons (Fsp3) is 0.667. The molecule has 0 aliphatic carbocycles. The summed E-state index contributed by atoms with van der Waals surface area (Å²) in [6.45, 7) is 8.43. The summed E-state index contributed by atoms with van der Waals surface area (Å²) in [7, 11) is 0. The molecule has 0 atom stereocenters. The van der Waals surface area contributed by atoms with Gasteiger partial charge in [-0.3, -0.25) is 0 Å². The van der Waals surface area contributed by atoms with E-state index in [4.69, 9.17) is 0 Å². The number of aromatic nitrogens is 1. The lowest BCUT2D eigenvalue weighted by molar-refractivity contribution is -0.119. The molecule has 0 fully saturated rings. The molecule has 0 bridgehead atoms. The van der Waals surface area contributed by atoms with Crippen LogP contribution in [0.5, 0.6) is 0 Å². The zero-order chi connectivity index (χ0) is 16.0. The number of pyridine rings is 1. The molecule has 0 amide bonds. The highest BCUT2D eigenvalue weighted by molar-refractivity contribution is 5.43. The summed E-state index contributed by atoms with van der Waals surface area (Å²) in [5.41, 5.74) is 1.78.